The maximum atomic E-state index is 11.9. The van der Waals surface area contributed by atoms with E-state index in [1.807, 2.05) is 5.38 Å². The number of aromatic nitrogens is 2. The number of nitrogen functional groups attached to an aromatic ring is 1. The highest BCUT2D eigenvalue weighted by Crippen LogP contribution is 2.44. The SMILES string of the molecule is [N-]=[N+]=N[C@]1(CO)O[C@@H](n2ccc(N)nc2=O)[C@@](O)(C#CCl)[C@@H]1O. The van der Waals surface area contributed by atoms with Gasteiger partial charge in [0.25, 0.3) is 0 Å². The maximum absolute atomic E-state index is 11.9. The molecule has 1 aromatic rings. The van der Waals surface area contributed by atoms with Gasteiger partial charge in [0.2, 0.25) is 11.3 Å². The number of hydrogen-bond donors (Lipinski definition) is 4. The van der Waals surface area contributed by atoms with Crippen LogP contribution >= 0.6 is 11.6 Å². The van der Waals surface area contributed by atoms with Gasteiger partial charge in [-0.3, -0.25) is 4.57 Å². The summed E-state index contributed by atoms with van der Waals surface area (Å²) in [7, 11) is 0. The lowest BCUT2D eigenvalue weighted by Crippen LogP contribution is -2.51. The Morgan fingerprint density at radius 1 is 1.70 bits per heavy atom. The van der Waals surface area contributed by atoms with Crippen molar-refractivity contribution in [1.82, 2.24) is 9.55 Å². The first kappa shape index (κ1) is 17.0. The Bertz CT molecular complexity index is 783. The van der Waals surface area contributed by atoms with Crippen LogP contribution in [0.4, 0.5) is 5.82 Å². The normalized spacial score (nSPS) is 32.7. The summed E-state index contributed by atoms with van der Waals surface area (Å²) in [5.41, 5.74) is 8.33. The minimum Gasteiger partial charge on any atom is -0.393 e. The summed E-state index contributed by atoms with van der Waals surface area (Å²) in [5.74, 6) is 2.01. The van der Waals surface area contributed by atoms with Crippen molar-refractivity contribution in [2.24, 2.45) is 5.11 Å². The van der Waals surface area contributed by atoms with Crippen molar-refractivity contribution in [1.29, 1.82) is 0 Å². The number of aliphatic hydroxyl groups excluding tert-OH is 2. The first-order valence-corrected chi connectivity index (χ1v) is 6.45. The number of halogens is 1. The molecule has 11 nitrogen and oxygen atoms in total. The summed E-state index contributed by atoms with van der Waals surface area (Å²) >= 11 is 5.29. The number of aliphatic hydroxyl groups is 3. The number of nitrogens with zero attached hydrogens (tertiary/aromatic N) is 5. The summed E-state index contributed by atoms with van der Waals surface area (Å²) in [5, 5.41) is 35.4. The highest BCUT2D eigenvalue weighted by atomic mass is 35.5. The average Bonchev–Trinajstić information content (AvgIpc) is 2.71. The number of rotatable bonds is 3. The highest BCUT2D eigenvalue weighted by molar-refractivity contribution is 6.30. The molecule has 1 fully saturated rings. The summed E-state index contributed by atoms with van der Waals surface area (Å²) < 4.78 is 6.05. The van der Waals surface area contributed by atoms with E-state index in [4.69, 9.17) is 27.6 Å². The molecule has 1 aliphatic heterocycles. The van der Waals surface area contributed by atoms with Crippen molar-refractivity contribution < 1.29 is 20.1 Å². The topological polar surface area (TPSA) is 180 Å². The zero-order valence-electron chi connectivity index (χ0n) is 11.4. The minimum absolute atomic E-state index is 0.0831. The van der Waals surface area contributed by atoms with Gasteiger partial charge < -0.3 is 25.8 Å². The Kier molecular flexibility index (Phi) is 4.49. The van der Waals surface area contributed by atoms with E-state index in [0.29, 0.717) is 0 Å². The van der Waals surface area contributed by atoms with E-state index >= 15 is 0 Å². The van der Waals surface area contributed by atoms with Crippen LogP contribution in [0.15, 0.2) is 22.2 Å². The molecule has 1 saturated heterocycles. The number of nitrogens with two attached hydrogens (primary N) is 1. The molecule has 0 saturated carbocycles. The van der Waals surface area contributed by atoms with Gasteiger partial charge in [0.1, 0.15) is 11.9 Å². The number of ether oxygens (including phenoxy) is 1. The van der Waals surface area contributed by atoms with E-state index in [1.165, 1.54) is 6.07 Å². The van der Waals surface area contributed by atoms with Gasteiger partial charge in [-0.2, -0.15) is 4.98 Å². The second kappa shape index (κ2) is 6.05. The molecular formula is C11H11ClN6O5. The second-order valence-electron chi connectivity index (χ2n) is 4.65. The van der Waals surface area contributed by atoms with Gasteiger partial charge in [-0.05, 0) is 29.1 Å². The lowest BCUT2D eigenvalue weighted by atomic mass is 9.92. The maximum Gasteiger partial charge on any atom is 0.351 e. The second-order valence-corrected chi connectivity index (χ2v) is 4.84. The quantitative estimate of drug-likeness (QED) is 0.226. The molecule has 23 heavy (non-hydrogen) atoms. The summed E-state index contributed by atoms with van der Waals surface area (Å²) in [4.78, 5) is 17.9. The average molecular weight is 343 g/mol. The summed E-state index contributed by atoms with van der Waals surface area (Å²) in [6.45, 7) is -0.988. The van der Waals surface area contributed by atoms with Crippen LogP contribution < -0.4 is 11.4 Å². The van der Waals surface area contributed by atoms with Crippen molar-refractivity contribution in [2.45, 2.75) is 23.7 Å². The van der Waals surface area contributed by atoms with Crippen molar-refractivity contribution in [3.8, 4) is 11.3 Å². The van der Waals surface area contributed by atoms with Gasteiger partial charge in [-0.15, -0.1) is 0 Å². The predicted molar refractivity (Wildman–Crippen MR) is 76.6 cm³/mol. The Morgan fingerprint density at radius 2 is 2.39 bits per heavy atom. The third-order valence-corrected chi connectivity index (χ3v) is 3.42. The van der Waals surface area contributed by atoms with Crippen LogP contribution in [0.2, 0.25) is 0 Å². The van der Waals surface area contributed by atoms with E-state index in [1.54, 1.807) is 0 Å². The molecule has 2 heterocycles. The third kappa shape index (κ3) is 2.60. The lowest BCUT2D eigenvalue weighted by Gasteiger charge is -2.27. The molecule has 12 heteroatoms. The van der Waals surface area contributed by atoms with Gasteiger partial charge in [0.15, 0.2) is 6.23 Å². The smallest absolute Gasteiger partial charge is 0.351 e. The fourth-order valence-electron chi connectivity index (χ4n) is 2.21. The first-order valence-electron chi connectivity index (χ1n) is 6.07. The van der Waals surface area contributed by atoms with Crippen molar-refractivity contribution in [3.05, 3.63) is 33.2 Å². The van der Waals surface area contributed by atoms with E-state index in [-0.39, 0.29) is 5.82 Å². The zero-order valence-corrected chi connectivity index (χ0v) is 12.1. The number of azide groups is 1. The largest absolute Gasteiger partial charge is 0.393 e. The summed E-state index contributed by atoms with van der Waals surface area (Å²) in [6.07, 6.45) is -2.54. The lowest BCUT2D eigenvalue weighted by molar-refractivity contribution is -0.126. The molecule has 0 amide bonds. The van der Waals surface area contributed by atoms with Gasteiger partial charge in [0, 0.05) is 16.5 Å². The molecule has 0 aromatic carbocycles. The van der Waals surface area contributed by atoms with Crippen LogP contribution in [0.3, 0.4) is 0 Å². The van der Waals surface area contributed by atoms with Crippen LogP contribution in [-0.4, -0.2) is 48.9 Å². The van der Waals surface area contributed by atoms with Crippen molar-refractivity contribution >= 4 is 17.4 Å². The monoisotopic (exact) mass is 342 g/mol. The fourth-order valence-corrected chi connectivity index (χ4v) is 2.37. The first-order chi connectivity index (χ1) is 10.8. The molecule has 0 spiro atoms. The number of hydrogen-bond acceptors (Lipinski definition) is 8. The molecule has 2 rings (SSSR count). The van der Waals surface area contributed by atoms with Crippen LogP contribution in [0.25, 0.3) is 10.4 Å². The summed E-state index contributed by atoms with van der Waals surface area (Å²) in [6, 6.07) is 1.23. The minimum atomic E-state index is -2.46. The van der Waals surface area contributed by atoms with E-state index in [2.05, 4.69) is 20.9 Å². The van der Waals surface area contributed by atoms with Crippen molar-refractivity contribution in [3.63, 3.8) is 0 Å². The molecule has 0 radical (unpaired) electrons. The molecule has 5 N–H and O–H groups in total. The van der Waals surface area contributed by atoms with Crippen molar-refractivity contribution in [2.75, 3.05) is 12.3 Å². The Hall–Kier alpha value is -2.32. The molecule has 0 bridgehead atoms. The molecule has 1 aromatic heterocycles. The van der Waals surface area contributed by atoms with Crippen LogP contribution in [0, 0.1) is 11.3 Å². The Morgan fingerprint density at radius 3 is 2.91 bits per heavy atom. The molecule has 0 unspecified atom stereocenters. The molecular weight excluding hydrogens is 332 g/mol. The predicted octanol–water partition coefficient (Wildman–Crippen LogP) is -1.36. The van der Waals surface area contributed by atoms with Crippen LogP contribution in [-0.2, 0) is 4.74 Å². The standard InChI is InChI=1S/C11H11ClN6O5/c12-3-2-10(22)7(20)11(5-19,16-17-14)23-8(10)18-4-1-6(13)15-9(18)21/h1,4,7-8,19-20,22H,5H2,(H2,13,15,21)/t7-,8+,10+,11+/m0/s1. The molecule has 0 aliphatic carbocycles. The number of anilines is 1. The highest BCUT2D eigenvalue weighted by Gasteiger charge is 2.64. The zero-order chi connectivity index (χ0) is 17.3. The fraction of sp³-hybridized carbons (Fsp3) is 0.455. The van der Waals surface area contributed by atoms with Crippen LogP contribution in [0.5, 0.6) is 0 Å². The van der Waals surface area contributed by atoms with E-state index in [9.17, 15) is 20.1 Å². The van der Waals surface area contributed by atoms with E-state index < -0.39 is 36.0 Å². The Labute approximate surface area is 133 Å². The Balaban J connectivity index is 2.67. The third-order valence-electron chi connectivity index (χ3n) is 3.33. The van der Waals surface area contributed by atoms with Gasteiger partial charge in [-0.25, -0.2) is 4.79 Å². The van der Waals surface area contributed by atoms with Gasteiger partial charge in [0.05, 0.1) is 6.61 Å². The molecule has 4 atom stereocenters. The van der Waals surface area contributed by atoms with Crippen LogP contribution in [0.1, 0.15) is 6.23 Å². The van der Waals surface area contributed by atoms with E-state index in [0.717, 1.165) is 10.8 Å². The van der Waals surface area contributed by atoms with Gasteiger partial charge >= 0.3 is 5.69 Å². The van der Waals surface area contributed by atoms with Gasteiger partial charge in [-0.1, -0.05) is 5.11 Å². The molecule has 122 valence electrons. The molecule has 1 aliphatic rings.